The first-order valence-electron chi connectivity index (χ1n) is 12.6. The molecule has 1 aromatic carbocycles. The van der Waals surface area contributed by atoms with Crippen LogP contribution in [0.25, 0.3) is 0 Å². The molecule has 6 aliphatic rings. The van der Waals surface area contributed by atoms with Crippen molar-refractivity contribution in [2.24, 2.45) is 16.2 Å². The number of piperazine rings is 1. The number of anilines is 1. The van der Waals surface area contributed by atoms with Crippen LogP contribution in [0.2, 0.25) is 0 Å². The predicted molar refractivity (Wildman–Crippen MR) is 124 cm³/mol. The molecule has 7 rings (SSSR count). The molecule has 1 N–H and O–H groups in total. The highest BCUT2D eigenvalue weighted by atomic mass is 19.3. The second-order valence-electron chi connectivity index (χ2n) is 11.7. The molecule has 0 unspecified atom stereocenters. The van der Waals surface area contributed by atoms with E-state index in [1.54, 1.807) is 23.3 Å². The van der Waals surface area contributed by atoms with Crippen molar-refractivity contribution < 1.29 is 18.7 Å². The van der Waals surface area contributed by atoms with Gasteiger partial charge in [-0.05, 0) is 86.5 Å². The number of carboxylic acids is 1. The van der Waals surface area contributed by atoms with Crippen molar-refractivity contribution in [1.82, 2.24) is 4.90 Å². The average Bonchev–Trinajstić information content (AvgIpc) is 2.72. The summed E-state index contributed by atoms with van der Waals surface area (Å²) in [6, 6.07) is 7.16. The van der Waals surface area contributed by atoms with Crippen LogP contribution >= 0.6 is 0 Å². The van der Waals surface area contributed by atoms with Gasteiger partial charge in [0.1, 0.15) is 0 Å². The molecule has 1 spiro atoms. The Morgan fingerprint density at radius 1 is 1.00 bits per heavy atom. The maximum atomic E-state index is 13.5. The van der Waals surface area contributed by atoms with Gasteiger partial charge >= 0.3 is 5.97 Å². The molecule has 0 atom stereocenters. The third kappa shape index (κ3) is 3.43. The highest BCUT2D eigenvalue weighted by molar-refractivity contribution is 5.88. The van der Waals surface area contributed by atoms with E-state index in [0.29, 0.717) is 11.0 Å². The lowest BCUT2D eigenvalue weighted by atomic mass is 9.31. The zero-order valence-electron chi connectivity index (χ0n) is 19.3. The lowest BCUT2D eigenvalue weighted by molar-refractivity contribution is -0.250. The van der Waals surface area contributed by atoms with E-state index in [0.717, 1.165) is 64.1 Å². The molecule has 1 aromatic rings. The number of rotatable bonds is 6. The third-order valence-electron chi connectivity index (χ3n) is 9.79. The minimum atomic E-state index is -2.15. The lowest BCUT2D eigenvalue weighted by Gasteiger charge is -2.72. The average molecular weight is 457 g/mol. The van der Waals surface area contributed by atoms with Crippen molar-refractivity contribution in [2.45, 2.75) is 64.2 Å². The van der Waals surface area contributed by atoms with Crippen LogP contribution in [-0.2, 0) is 0 Å². The van der Waals surface area contributed by atoms with Crippen LogP contribution in [0.1, 0.15) is 68.1 Å². The normalized spacial score (nSPS) is 33.0. The van der Waals surface area contributed by atoms with Gasteiger partial charge in [-0.1, -0.05) is 17.6 Å². The molecule has 1 saturated heterocycles. The van der Waals surface area contributed by atoms with E-state index >= 15 is 0 Å². The summed E-state index contributed by atoms with van der Waals surface area (Å²) in [7, 11) is 0. The maximum absolute atomic E-state index is 13.5. The molecular weight excluding hydrogens is 422 g/mol. The number of nitrogens with zero attached hydrogens (tertiary/aromatic N) is 2. The van der Waals surface area contributed by atoms with Gasteiger partial charge in [0.05, 0.1) is 5.56 Å². The number of aromatic carboxylic acids is 1. The number of benzene rings is 1. The Morgan fingerprint density at radius 2 is 1.67 bits per heavy atom. The van der Waals surface area contributed by atoms with E-state index in [4.69, 9.17) is 5.11 Å². The number of carbonyl (C=O) groups is 1. The zero-order valence-corrected chi connectivity index (χ0v) is 19.3. The van der Waals surface area contributed by atoms with Gasteiger partial charge in [0.25, 0.3) is 0 Å². The van der Waals surface area contributed by atoms with Crippen LogP contribution in [0, 0.1) is 16.2 Å². The highest BCUT2D eigenvalue weighted by Crippen LogP contribution is 2.80. The van der Waals surface area contributed by atoms with E-state index in [-0.39, 0.29) is 5.41 Å². The molecule has 0 radical (unpaired) electrons. The van der Waals surface area contributed by atoms with Gasteiger partial charge in [-0.25, -0.2) is 13.6 Å². The van der Waals surface area contributed by atoms with Crippen LogP contribution in [-0.4, -0.2) is 55.1 Å². The van der Waals surface area contributed by atoms with Gasteiger partial charge in [0.2, 0.25) is 6.43 Å². The van der Waals surface area contributed by atoms with Crippen LogP contribution < -0.4 is 4.90 Å². The summed E-state index contributed by atoms with van der Waals surface area (Å²) < 4.78 is 27.0. The Bertz CT molecular complexity index is 955. The van der Waals surface area contributed by atoms with Crippen LogP contribution in [0.4, 0.5) is 14.5 Å². The molecule has 178 valence electrons. The summed E-state index contributed by atoms with van der Waals surface area (Å²) in [6.45, 7) is 4.82. The topological polar surface area (TPSA) is 43.8 Å². The van der Waals surface area contributed by atoms with E-state index in [1.807, 2.05) is 12.1 Å². The van der Waals surface area contributed by atoms with Crippen LogP contribution in [0.5, 0.6) is 0 Å². The number of carboxylic acid groups (broad SMARTS) is 1. The Morgan fingerprint density at radius 3 is 2.21 bits per heavy atom. The first-order valence-corrected chi connectivity index (χ1v) is 12.6. The molecule has 2 bridgehead atoms. The molecule has 0 aromatic heterocycles. The Labute approximate surface area is 194 Å². The molecule has 4 nitrogen and oxygen atoms in total. The fourth-order valence-electron chi connectivity index (χ4n) is 7.66. The minimum absolute atomic E-state index is 0.114. The maximum Gasteiger partial charge on any atom is 0.335 e. The van der Waals surface area contributed by atoms with E-state index in [9.17, 15) is 13.6 Å². The summed E-state index contributed by atoms with van der Waals surface area (Å²) >= 11 is 0. The Kier molecular flexibility index (Phi) is 4.92. The molecule has 6 heteroatoms. The highest BCUT2D eigenvalue weighted by Gasteiger charge is 2.73. The second kappa shape index (κ2) is 7.53. The fraction of sp³-hybridized carbons (Fsp3) is 0.667. The second-order valence-corrected chi connectivity index (χ2v) is 11.7. The van der Waals surface area contributed by atoms with Gasteiger partial charge in [0.15, 0.2) is 0 Å². The smallest absolute Gasteiger partial charge is 0.335 e. The first-order chi connectivity index (χ1) is 15.8. The number of hydrogen-bond donors (Lipinski definition) is 1. The summed E-state index contributed by atoms with van der Waals surface area (Å²) in [5.41, 5.74) is 4.53. The zero-order chi connectivity index (χ0) is 22.8. The SMILES string of the molecule is O=C(O)c1ccc(N2CCN(CC3=C(C45CC(C(F)F)(C4)C5)CC4(CCC4)CC3)CC2)cc1. The number of halogens is 2. The van der Waals surface area contributed by atoms with Crippen LogP contribution in [0.15, 0.2) is 35.4 Å². The first kappa shape index (κ1) is 21.6. The van der Waals surface area contributed by atoms with Crippen molar-refractivity contribution in [2.75, 3.05) is 37.6 Å². The van der Waals surface area contributed by atoms with E-state index in [2.05, 4.69) is 9.80 Å². The summed E-state index contributed by atoms with van der Waals surface area (Å²) in [4.78, 5) is 16.0. The summed E-state index contributed by atoms with van der Waals surface area (Å²) in [6.07, 6.45) is 7.67. The molecule has 4 saturated carbocycles. The lowest BCUT2D eigenvalue weighted by Crippen LogP contribution is -2.66. The molecule has 1 heterocycles. The largest absolute Gasteiger partial charge is 0.478 e. The molecule has 5 fully saturated rings. The third-order valence-corrected chi connectivity index (χ3v) is 9.79. The molecule has 1 aliphatic heterocycles. The van der Waals surface area contributed by atoms with Crippen molar-refractivity contribution in [3.63, 3.8) is 0 Å². The van der Waals surface area contributed by atoms with Crippen molar-refractivity contribution in [1.29, 1.82) is 0 Å². The molecular formula is C27H34F2N2O2. The number of alkyl halides is 2. The van der Waals surface area contributed by atoms with Gasteiger partial charge in [-0.3, -0.25) is 4.90 Å². The molecule has 0 amide bonds. The van der Waals surface area contributed by atoms with Crippen molar-refractivity contribution in [3.05, 3.63) is 41.0 Å². The quantitative estimate of drug-likeness (QED) is 0.567. The van der Waals surface area contributed by atoms with Crippen molar-refractivity contribution >= 4 is 11.7 Å². The van der Waals surface area contributed by atoms with Crippen molar-refractivity contribution in [3.8, 4) is 0 Å². The number of allylic oxidation sites excluding steroid dienone is 1. The number of hydrogen-bond acceptors (Lipinski definition) is 3. The fourth-order valence-corrected chi connectivity index (χ4v) is 7.66. The van der Waals surface area contributed by atoms with Gasteiger partial charge in [-0.15, -0.1) is 0 Å². The summed E-state index contributed by atoms with van der Waals surface area (Å²) in [5, 5.41) is 9.11. The standard InChI is InChI=1S/C27H34F2N2O2/c28-24(29)27-16-26(17-27,18-27)22-14-25(7-1-8-25)9-6-20(22)15-30-10-12-31(13-11-30)21-4-2-19(3-5-21)23(32)33/h2-5,24H,1,6-18H2,(H,32,33). The molecule has 33 heavy (non-hydrogen) atoms. The van der Waals surface area contributed by atoms with Gasteiger partial charge in [-0.2, -0.15) is 0 Å². The summed E-state index contributed by atoms with van der Waals surface area (Å²) in [5.74, 6) is -0.894. The molecule has 5 aliphatic carbocycles. The van der Waals surface area contributed by atoms with Gasteiger partial charge in [0, 0.05) is 43.8 Å². The minimum Gasteiger partial charge on any atom is -0.478 e. The van der Waals surface area contributed by atoms with Gasteiger partial charge < -0.3 is 10.0 Å². The van der Waals surface area contributed by atoms with Crippen LogP contribution in [0.3, 0.4) is 0 Å². The Balaban J connectivity index is 1.13. The monoisotopic (exact) mass is 456 g/mol. The predicted octanol–water partition coefficient (Wildman–Crippen LogP) is 5.59. The van der Waals surface area contributed by atoms with E-state index < -0.39 is 17.8 Å². The Hall–Kier alpha value is -1.95. The van der Waals surface area contributed by atoms with E-state index in [1.165, 1.54) is 32.1 Å².